The first-order valence-electron chi connectivity index (χ1n) is 15.2. The number of urea groups is 1. The van der Waals surface area contributed by atoms with Gasteiger partial charge in [-0.1, -0.05) is 60.8 Å². The molecule has 4 amide bonds. The van der Waals surface area contributed by atoms with Crippen LogP contribution in [0.2, 0.25) is 10.0 Å². The predicted molar refractivity (Wildman–Crippen MR) is 171 cm³/mol. The number of aromatic amines is 1. The van der Waals surface area contributed by atoms with E-state index in [0.717, 1.165) is 29.3 Å². The number of nitrogens with zero attached hydrogens (tertiary/aromatic N) is 3. The summed E-state index contributed by atoms with van der Waals surface area (Å²) in [6, 6.07) is 9.24. The fraction of sp³-hybridized carbons (Fsp3) is 0.424. The van der Waals surface area contributed by atoms with Crippen molar-refractivity contribution in [1.29, 1.82) is 0 Å². The first-order chi connectivity index (χ1) is 21.2. The highest BCUT2D eigenvalue weighted by Crippen LogP contribution is 2.54. The minimum absolute atomic E-state index is 0.000164. The highest BCUT2D eigenvalue weighted by Gasteiger charge is 2.58. The Morgan fingerprint density at radius 1 is 1.07 bits per heavy atom. The molecule has 1 aromatic heterocycles. The predicted octanol–water partition coefficient (Wildman–Crippen LogP) is 6.69. The number of rotatable bonds is 9. The van der Waals surface area contributed by atoms with E-state index in [4.69, 9.17) is 23.2 Å². The molecule has 0 radical (unpaired) electrons. The molecule has 2 aliphatic rings. The zero-order valence-corrected chi connectivity index (χ0v) is 26.6. The SMILES string of the molecule is CCCC=CC[C@@]1(C(=O)N2CCN(C(=O)NCC)CC2)CC(=O)N(Cc2ccc(Cl)c(F)c2)[C@H]1c1c[nH]c2cc(Cl)ccc12. The molecule has 5 rings (SSSR count). The minimum Gasteiger partial charge on any atom is -0.361 e. The topological polar surface area (TPSA) is 88.8 Å². The smallest absolute Gasteiger partial charge is 0.317 e. The van der Waals surface area contributed by atoms with Crippen LogP contribution < -0.4 is 5.32 Å². The Hall–Kier alpha value is -3.56. The molecular weight excluding hydrogens is 604 g/mol. The van der Waals surface area contributed by atoms with Crippen LogP contribution >= 0.6 is 23.2 Å². The van der Waals surface area contributed by atoms with Gasteiger partial charge in [0.25, 0.3) is 0 Å². The number of piperazine rings is 1. The van der Waals surface area contributed by atoms with Crippen LogP contribution in [0.1, 0.15) is 56.7 Å². The third kappa shape index (κ3) is 6.31. The molecule has 0 aliphatic carbocycles. The van der Waals surface area contributed by atoms with E-state index in [1.807, 2.05) is 31.3 Å². The number of fused-ring (bicyclic) bond motifs is 1. The maximum Gasteiger partial charge on any atom is 0.317 e. The third-order valence-electron chi connectivity index (χ3n) is 8.64. The lowest BCUT2D eigenvalue weighted by Gasteiger charge is -2.42. The second kappa shape index (κ2) is 13.6. The molecule has 234 valence electrons. The first kappa shape index (κ1) is 31.9. The Bertz CT molecular complexity index is 1570. The molecule has 2 saturated heterocycles. The molecular formula is C33H38Cl2FN5O3. The summed E-state index contributed by atoms with van der Waals surface area (Å²) in [5, 5.41) is 4.25. The Morgan fingerprint density at radius 2 is 1.82 bits per heavy atom. The Labute approximate surface area is 267 Å². The second-order valence-electron chi connectivity index (χ2n) is 11.5. The number of halogens is 3. The van der Waals surface area contributed by atoms with Crippen molar-refractivity contribution in [2.45, 2.75) is 52.1 Å². The highest BCUT2D eigenvalue weighted by atomic mass is 35.5. The lowest BCUT2D eigenvalue weighted by Crippen LogP contribution is -2.56. The van der Waals surface area contributed by atoms with Crippen LogP contribution in [0.5, 0.6) is 0 Å². The number of hydrogen-bond acceptors (Lipinski definition) is 3. The van der Waals surface area contributed by atoms with Gasteiger partial charge in [0.05, 0.1) is 16.5 Å². The van der Waals surface area contributed by atoms with Crippen molar-refractivity contribution in [3.63, 3.8) is 0 Å². The number of aromatic nitrogens is 1. The third-order valence-corrected chi connectivity index (χ3v) is 9.18. The number of carbonyl (C=O) groups excluding carboxylic acids is 3. The van der Waals surface area contributed by atoms with Crippen molar-refractivity contribution >= 4 is 52.0 Å². The molecule has 3 heterocycles. The van der Waals surface area contributed by atoms with Gasteiger partial charge in [0.1, 0.15) is 5.82 Å². The maximum atomic E-state index is 14.8. The van der Waals surface area contributed by atoms with E-state index in [0.29, 0.717) is 49.7 Å². The summed E-state index contributed by atoms with van der Waals surface area (Å²) >= 11 is 12.3. The number of amides is 4. The van der Waals surface area contributed by atoms with Crippen LogP contribution in [0.4, 0.5) is 9.18 Å². The molecule has 2 aromatic carbocycles. The van der Waals surface area contributed by atoms with Crippen molar-refractivity contribution in [3.8, 4) is 0 Å². The monoisotopic (exact) mass is 641 g/mol. The fourth-order valence-corrected chi connectivity index (χ4v) is 6.76. The van der Waals surface area contributed by atoms with Crippen LogP contribution in [0.3, 0.4) is 0 Å². The zero-order valence-electron chi connectivity index (χ0n) is 25.0. The van der Waals surface area contributed by atoms with E-state index < -0.39 is 17.3 Å². The Balaban J connectivity index is 1.59. The lowest BCUT2D eigenvalue weighted by molar-refractivity contribution is -0.145. The van der Waals surface area contributed by atoms with Gasteiger partial charge in [-0.3, -0.25) is 9.59 Å². The van der Waals surface area contributed by atoms with Crippen molar-refractivity contribution < 1.29 is 18.8 Å². The quantitative estimate of drug-likeness (QED) is 0.255. The molecule has 0 bridgehead atoms. The van der Waals surface area contributed by atoms with Crippen molar-refractivity contribution in [3.05, 3.63) is 81.7 Å². The second-order valence-corrected chi connectivity index (χ2v) is 12.4. The molecule has 2 fully saturated rings. The molecule has 2 aliphatic heterocycles. The summed E-state index contributed by atoms with van der Waals surface area (Å²) in [4.78, 5) is 49.8. The zero-order chi connectivity index (χ0) is 31.4. The van der Waals surface area contributed by atoms with Gasteiger partial charge in [0.15, 0.2) is 0 Å². The van der Waals surface area contributed by atoms with Crippen molar-refractivity contribution in [2.75, 3.05) is 32.7 Å². The molecule has 2 atom stereocenters. The standard InChI is InChI=1S/C33H38Cl2FN5O3/c1-3-5-6-7-12-33(31(43)39-13-15-40(16-14-39)32(44)37-4-2)19-29(42)41(21-22-8-11-26(35)27(36)17-22)30(33)25-20-38-28-18-23(34)9-10-24(25)28/h6-11,17-18,20,30,38H,3-5,12-16,19,21H2,1-2H3,(H,37,44)/t30-,33+/m0/s1. The molecule has 2 N–H and O–H groups in total. The molecule has 44 heavy (non-hydrogen) atoms. The van der Waals surface area contributed by atoms with Gasteiger partial charge in [-0.2, -0.15) is 0 Å². The number of likely N-dealkylation sites (tertiary alicyclic amines) is 1. The number of unbranched alkanes of at least 4 members (excludes halogenated alkanes) is 1. The van der Waals surface area contributed by atoms with Crippen LogP contribution in [0, 0.1) is 11.2 Å². The van der Waals surface area contributed by atoms with Gasteiger partial charge in [-0.05, 0) is 49.6 Å². The van der Waals surface area contributed by atoms with Gasteiger partial charge >= 0.3 is 6.03 Å². The summed E-state index contributed by atoms with van der Waals surface area (Å²) in [5.41, 5.74) is 1.04. The van der Waals surface area contributed by atoms with E-state index in [-0.39, 0.29) is 35.8 Å². The number of nitrogens with one attached hydrogen (secondary N) is 2. The molecule has 0 unspecified atom stereocenters. The van der Waals surface area contributed by atoms with E-state index in [9.17, 15) is 18.8 Å². The number of hydrogen-bond donors (Lipinski definition) is 2. The normalized spacial score (nSPS) is 20.7. The van der Waals surface area contributed by atoms with E-state index >= 15 is 0 Å². The highest BCUT2D eigenvalue weighted by molar-refractivity contribution is 6.31. The molecule has 0 saturated carbocycles. The summed E-state index contributed by atoms with van der Waals surface area (Å²) < 4.78 is 14.5. The summed E-state index contributed by atoms with van der Waals surface area (Å²) in [7, 11) is 0. The van der Waals surface area contributed by atoms with Gasteiger partial charge in [0.2, 0.25) is 11.8 Å². The van der Waals surface area contributed by atoms with E-state index in [1.54, 1.807) is 26.8 Å². The Morgan fingerprint density at radius 3 is 2.52 bits per heavy atom. The fourth-order valence-electron chi connectivity index (χ4n) is 6.47. The van der Waals surface area contributed by atoms with Crippen LogP contribution in [-0.2, 0) is 16.1 Å². The van der Waals surface area contributed by atoms with Crippen molar-refractivity contribution in [1.82, 2.24) is 25.0 Å². The summed E-state index contributed by atoms with van der Waals surface area (Å²) in [6.07, 6.45) is 8.10. The molecule has 11 heteroatoms. The van der Waals surface area contributed by atoms with Gasteiger partial charge < -0.3 is 25.0 Å². The lowest BCUT2D eigenvalue weighted by atomic mass is 9.72. The largest absolute Gasteiger partial charge is 0.361 e. The number of benzene rings is 2. The number of allylic oxidation sites excluding steroid dienone is 2. The van der Waals surface area contributed by atoms with Gasteiger partial charge in [0, 0.05) is 73.4 Å². The van der Waals surface area contributed by atoms with Crippen LogP contribution in [-0.4, -0.2) is 70.3 Å². The summed E-state index contributed by atoms with van der Waals surface area (Å²) in [5.74, 6) is -0.878. The number of carbonyl (C=O) groups is 3. The maximum absolute atomic E-state index is 14.8. The molecule has 0 spiro atoms. The van der Waals surface area contributed by atoms with Crippen molar-refractivity contribution in [2.24, 2.45) is 5.41 Å². The average molecular weight is 643 g/mol. The molecule has 3 aromatic rings. The number of H-pyrrole nitrogens is 1. The summed E-state index contributed by atoms with van der Waals surface area (Å²) in [6.45, 7) is 6.12. The molecule has 8 nitrogen and oxygen atoms in total. The van der Waals surface area contributed by atoms with Gasteiger partial charge in [-0.15, -0.1) is 0 Å². The van der Waals surface area contributed by atoms with Gasteiger partial charge in [-0.25, -0.2) is 9.18 Å². The first-order valence-corrected chi connectivity index (χ1v) is 15.9. The Kier molecular flexibility index (Phi) is 9.85. The van der Waals surface area contributed by atoms with Crippen LogP contribution in [0.15, 0.2) is 54.7 Å². The van der Waals surface area contributed by atoms with Crippen LogP contribution in [0.25, 0.3) is 10.9 Å². The average Bonchev–Trinajstić information content (AvgIpc) is 3.54. The van der Waals surface area contributed by atoms with E-state index in [1.165, 1.54) is 12.1 Å². The van der Waals surface area contributed by atoms with E-state index in [2.05, 4.69) is 23.3 Å². The minimum atomic E-state index is -1.13.